The van der Waals surface area contributed by atoms with Gasteiger partial charge in [0.2, 0.25) is 5.91 Å². The quantitative estimate of drug-likeness (QED) is 0.724. The van der Waals surface area contributed by atoms with E-state index in [1.54, 1.807) is 18.2 Å². The second-order valence-corrected chi connectivity index (χ2v) is 6.71. The topological polar surface area (TPSA) is 64.0 Å². The smallest absolute Gasteiger partial charge is 0.267 e. The molecule has 0 aliphatic heterocycles. The van der Waals surface area contributed by atoms with Crippen LogP contribution in [0.3, 0.4) is 0 Å². The normalized spacial score (nSPS) is 10.6. The summed E-state index contributed by atoms with van der Waals surface area (Å²) in [5.41, 5.74) is 3.94. The Kier molecular flexibility index (Phi) is 5.72. The van der Waals surface area contributed by atoms with Gasteiger partial charge >= 0.3 is 0 Å². The second kappa shape index (κ2) is 8.18. The summed E-state index contributed by atoms with van der Waals surface area (Å²) in [5, 5.41) is 7.65. The number of aromatic nitrogens is 2. The van der Waals surface area contributed by atoms with Gasteiger partial charge in [-0.25, -0.2) is 4.68 Å². The largest absolute Gasteiger partial charge is 0.324 e. The molecule has 1 aromatic heterocycles. The molecule has 0 saturated carbocycles. The minimum atomic E-state index is -0.339. The number of halogens is 1. The van der Waals surface area contributed by atoms with Crippen molar-refractivity contribution in [3.63, 3.8) is 0 Å². The Labute approximate surface area is 162 Å². The Morgan fingerprint density at radius 3 is 2.56 bits per heavy atom. The van der Waals surface area contributed by atoms with E-state index in [0.29, 0.717) is 16.4 Å². The fourth-order valence-electron chi connectivity index (χ4n) is 2.68. The average molecular weight is 382 g/mol. The van der Waals surface area contributed by atoms with Crippen LogP contribution in [-0.2, 0) is 17.8 Å². The summed E-state index contributed by atoms with van der Waals surface area (Å²) in [6.07, 6.45) is 0.955. The molecule has 27 heavy (non-hydrogen) atoms. The number of rotatable bonds is 5. The van der Waals surface area contributed by atoms with Crippen LogP contribution in [-0.4, -0.2) is 15.7 Å². The Hall–Kier alpha value is -2.92. The van der Waals surface area contributed by atoms with Crippen molar-refractivity contribution in [2.24, 2.45) is 0 Å². The van der Waals surface area contributed by atoms with Crippen LogP contribution >= 0.6 is 11.6 Å². The van der Waals surface area contributed by atoms with E-state index in [1.165, 1.54) is 11.6 Å². The number of carbonyl (C=O) groups is 1. The van der Waals surface area contributed by atoms with E-state index in [1.807, 2.05) is 37.3 Å². The van der Waals surface area contributed by atoms with Crippen molar-refractivity contribution in [2.45, 2.75) is 26.8 Å². The van der Waals surface area contributed by atoms with Crippen molar-refractivity contribution in [1.82, 2.24) is 9.78 Å². The lowest BCUT2D eigenvalue weighted by Gasteiger charge is -2.10. The molecule has 0 atom stereocenters. The summed E-state index contributed by atoms with van der Waals surface area (Å²) >= 11 is 5.98. The third-order valence-corrected chi connectivity index (χ3v) is 4.53. The molecule has 3 rings (SSSR count). The highest BCUT2D eigenvalue weighted by Crippen LogP contribution is 2.20. The zero-order chi connectivity index (χ0) is 19.4. The van der Waals surface area contributed by atoms with Crippen molar-refractivity contribution >= 4 is 23.2 Å². The minimum Gasteiger partial charge on any atom is -0.324 e. The maximum Gasteiger partial charge on any atom is 0.267 e. The highest BCUT2D eigenvalue weighted by atomic mass is 35.5. The summed E-state index contributed by atoms with van der Waals surface area (Å²) in [7, 11) is 0. The van der Waals surface area contributed by atoms with E-state index in [2.05, 4.69) is 17.3 Å². The molecule has 0 bridgehead atoms. The second-order valence-electron chi connectivity index (χ2n) is 6.27. The molecule has 3 aromatic rings. The number of hydrogen-bond donors (Lipinski definition) is 1. The molecule has 1 amide bonds. The van der Waals surface area contributed by atoms with Gasteiger partial charge in [-0.3, -0.25) is 9.59 Å². The van der Waals surface area contributed by atoms with Crippen LogP contribution in [0.5, 0.6) is 0 Å². The molecule has 138 valence electrons. The van der Waals surface area contributed by atoms with E-state index < -0.39 is 0 Å². The maximum absolute atomic E-state index is 12.4. The van der Waals surface area contributed by atoms with Gasteiger partial charge in [0, 0.05) is 22.3 Å². The molecule has 2 aromatic carbocycles. The molecule has 0 aliphatic carbocycles. The van der Waals surface area contributed by atoms with Crippen LogP contribution in [0.4, 0.5) is 5.69 Å². The Morgan fingerprint density at radius 2 is 1.85 bits per heavy atom. The summed E-state index contributed by atoms with van der Waals surface area (Å²) in [6.45, 7) is 3.79. The molecule has 0 fully saturated rings. The van der Waals surface area contributed by atoms with Gasteiger partial charge in [0.1, 0.15) is 6.54 Å². The lowest BCUT2D eigenvalue weighted by atomic mass is 10.1. The van der Waals surface area contributed by atoms with E-state index in [4.69, 9.17) is 11.6 Å². The first-order valence-electron chi connectivity index (χ1n) is 8.69. The number of nitrogens with zero attached hydrogens (tertiary/aromatic N) is 2. The SMILES string of the molecule is CCc1ccc(-c2ccc(=O)n(CC(=O)Nc3cc(Cl)ccc3C)n2)cc1. The van der Waals surface area contributed by atoms with Crippen LogP contribution in [0.1, 0.15) is 18.1 Å². The monoisotopic (exact) mass is 381 g/mol. The highest BCUT2D eigenvalue weighted by Gasteiger charge is 2.10. The lowest BCUT2D eigenvalue weighted by molar-refractivity contribution is -0.117. The number of aryl methyl sites for hydroxylation is 2. The highest BCUT2D eigenvalue weighted by molar-refractivity contribution is 6.31. The summed E-state index contributed by atoms with van der Waals surface area (Å²) in [4.78, 5) is 24.5. The number of carbonyl (C=O) groups excluding carboxylic acids is 1. The van der Waals surface area contributed by atoms with Gasteiger partial charge in [-0.05, 0) is 42.7 Å². The third kappa shape index (κ3) is 4.63. The molecule has 0 radical (unpaired) electrons. The van der Waals surface area contributed by atoms with Crippen LogP contribution in [0.15, 0.2) is 59.4 Å². The van der Waals surface area contributed by atoms with E-state index in [-0.39, 0.29) is 18.0 Å². The summed E-state index contributed by atoms with van der Waals surface area (Å²) in [6, 6.07) is 16.3. The lowest BCUT2D eigenvalue weighted by Crippen LogP contribution is -2.29. The number of nitrogens with one attached hydrogen (secondary N) is 1. The van der Waals surface area contributed by atoms with Gasteiger partial charge in [0.15, 0.2) is 0 Å². The molecular weight excluding hydrogens is 362 g/mol. The first-order chi connectivity index (χ1) is 13.0. The molecular formula is C21H20ClN3O2. The third-order valence-electron chi connectivity index (χ3n) is 4.29. The number of anilines is 1. The van der Waals surface area contributed by atoms with Gasteiger partial charge in [-0.15, -0.1) is 0 Å². The van der Waals surface area contributed by atoms with Crippen LogP contribution in [0.25, 0.3) is 11.3 Å². The molecule has 0 saturated heterocycles. The predicted molar refractivity (Wildman–Crippen MR) is 108 cm³/mol. The van der Waals surface area contributed by atoms with Crippen molar-refractivity contribution in [2.75, 3.05) is 5.32 Å². The van der Waals surface area contributed by atoms with Gasteiger partial charge in [0.05, 0.1) is 5.69 Å². The molecule has 5 nitrogen and oxygen atoms in total. The molecule has 0 spiro atoms. The Bertz CT molecular complexity index is 1030. The van der Waals surface area contributed by atoms with E-state index in [0.717, 1.165) is 22.2 Å². The molecule has 1 heterocycles. The first kappa shape index (κ1) is 18.9. The van der Waals surface area contributed by atoms with Crippen LogP contribution in [0.2, 0.25) is 5.02 Å². The van der Waals surface area contributed by atoms with Gasteiger partial charge in [-0.2, -0.15) is 5.10 Å². The van der Waals surface area contributed by atoms with Crippen molar-refractivity contribution in [3.8, 4) is 11.3 Å². The zero-order valence-electron chi connectivity index (χ0n) is 15.2. The number of hydrogen-bond acceptors (Lipinski definition) is 3. The first-order valence-corrected chi connectivity index (χ1v) is 9.07. The maximum atomic E-state index is 12.4. The van der Waals surface area contributed by atoms with Crippen molar-refractivity contribution < 1.29 is 4.79 Å². The standard InChI is InChI=1S/C21H20ClN3O2/c1-3-15-5-7-16(8-6-15)18-10-11-21(27)25(24-18)13-20(26)23-19-12-17(22)9-4-14(19)2/h4-12H,3,13H2,1-2H3,(H,23,26). The fraction of sp³-hybridized carbons (Fsp3) is 0.190. The fourth-order valence-corrected chi connectivity index (χ4v) is 2.85. The summed E-state index contributed by atoms with van der Waals surface area (Å²) in [5.74, 6) is -0.339. The summed E-state index contributed by atoms with van der Waals surface area (Å²) < 4.78 is 1.16. The minimum absolute atomic E-state index is 0.175. The van der Waals surface area contributed by atoms with E-state index in [9.17, 15) is 9.59 Å². The van der Waals surface area contributed by atoms with Crippen LogP contribution in [0, 0.1) is 6.92 Å². The Balaban J connectivity index is 1.80. The predicted octanol–water partition coefficient (Wildman–Crippen LogP) is 4.07. The van der Waals surface area contributed by atoms with Gasteiger partial charge < -0.3 is 5.32 Å². The van der Waals surface area contributed by atoms with E-state index >= 15 is 0 Å². The molecule has 0 aliphatic rings. The molecule has 1 N–H and O–H groups in total. The number of amides is 1. The van der Waals surface area contributed by atoms with Crippen LogP contribution < -0.4 is 10.9 Å². The van der Waals surface area contributed by atoms with Gasteiger partial charge in [-0.1, -0.05) is 48.9 Å². The molecule has 6 heteroatoms. The molecule has 0 unspecified atom stereocenters. The van der Waals surface area contributed by atoms with Crippen molar-refractivity contribution in [3.05, 3.63) is 81.1 Å². The Morgan fingerprint density at radius 1 is 1.11 bits per heavy atom. The number of benzene rings is 2. The van der Waals surface area contributed by atoms with Gasteiger partial charge in [0.25, 0.3) is 5.56 Å². The average Bonchev–Trinajstić information content (AvgIpc) is 2.66. The van der Waals surface area contributed by atoms with Crippen molar-refractivity contribution in [1.29, 1.82) is 0 Å². The zero-order valence-corrected chi connectivity index (χ0v) is 16.0.